The van der Waals surface area contributed by atoms with Crippen LogP contribution in [0, 0.1) is 6.92 Å². The van der Waals surface area contributed by atoms with Crippen LogP contribution in [-0.2, 0) is 16.0 Å². The molecule has 0 spiro atoms. The van der Waals surface area contributed by atoms with E-state index in [1.54, 1.807) is 18.3 Å². The fraction of sp³-hybridized carbons (Fsp3) is 0.240. The number of hydrogen-bond acceptors (Lipinski definition) is 7. The summed E-state index contributed by atoms with van der Waals surface area (Å²) in [4.78, 5) is 15.5. The predicted molar refractivity (Wildman–Crippen MR) is 128 cm³/mol. The summed E-state index contributed by atoms with van der Waals surface area (Å²) in [5, 5.41) is 12.2. The van der Waals surface area contributed by atoms with Crippen LogP contribution in [0.25, 0.3) is 11.1 Å². The van der Waals surface area contributed by atoms with Gasteiger partial charge in [-0.25, -0.2) is 9.99 Å². The molecule has 8 nitrogen and oxygen atoms in total. The summed E-state index contributed by atoms with van der Waals surface area (Å²) in [6, 6.07) is 20.1. The van der Waals surface area contributed by atoms with Gasteiger partial charge in [0.25, 0.3) is 0 Å². The van der Waals surface area contributed by atoms with Crippen LogP contribution in [0.2, 0.25) is 0 Å². The van der Waals surface area contributed by atoms with Gasteiger partial charge in [0.2, 0.25) is 12.4 Å². The molecule has 1 atom stereocenters. The number of ether oxygens (including phenoxy) is 2. The highest BCUT2D eigenvalue weighted by atomic mass is 16.5. The smallest absolute Gasteiger partial charge is 0.222 e. The third-order valence-corrected chi connectivity index (χ3v) is 5.33. The summed E-state index contributed by atoms with van der Waals surface area (Å²) in [5.74, 6) is 1.85. The second-order valence-electron chi connectivity index (χ2n) is 7.63. The van der Waals surface area contributed by atoms with E-state index in [1.165, 1.54) is 0 Å². The quantitative estimate of drug-likeness (QED) is 0.389. The number of hydrazone groups is 1. The molecule has 0 bridgehead atoms. The van der Waals surface area contributed by atoms with Gasteiger partial charge >= 0.3 is 0 Å². The highest BCUT2D eigenvalue weighted by Crippen LogP contribution is 2.30. The van der Waals surface area contributed by atoms with Crippen LogP contribution >= 0.6 is 0 Å². The Bertz CT molecular complexity index is 1120. The van der Waals surface area contributed by atoms with Crippen LogP contribution in [0.5, 0.6) is 5.75 Å². The molecule has 2 N–H and O–H groups in total. The van der Waals surface area contributed by atoms with Crippen LogP contribution in [0.3, 0.4) is 0 Å². The third kappa shape index (κ3) is 5.48. The molecule has 1 aliphatic rings. The maximum Gasteiger partial charge on any atom is 0.222 e. The largest absolute Gasteiger partial charge is 0.491 e. The zero-order chi connectivity index (χ0) is 23.0. The van der Waals surface area contributed by atoms with Crippen LogP contribution in [-0.4, -0.2) is 43.8 Å². The summed E-state index contributed by atoms with van der Waals surface area (Å²) >= 11 is 0. The fourth-order valence-corrected chi connectivity index (χ4v) is 3.69. The van der Waals surface area contributed by atoms with Crippen molar-refractivity contribution in [2.75, 3.05) is 25.3 Å². The summed E-state index contributed by atoms with van der Waals surface area (Å²) in [6.45, 7) is 3.08. The van der Waals surface area contributed by atoms with Gasteiger partial charge in [0.05, 0.1) is 6.61 Å². The Labute approximate surface area is 193 Å². The highest BCUT2D eigenvalue weighted by molar-refractivity contribution is 5.91. The van der Waals surface area contributed by atoms with Gasteiger partial charge in [0, 0.05) is 19.7 Å². The molecule has 0 fully saturated rings. The minimum atomic E-state index is -0.192. The fourth-order valence-electron chi connectivity index (χ4n) is 3.69. The minimum absolute atomic E-state index is 0.192. The lowest BCUT2D eigenvalue weighted by molar-refractivity contribution is -0.108. The van der Waals surface area contributed by atoms with Crippen molar-refractivity contribution in [1.82, 2.24) is 15.6 Å². The first-order valence-electron chi connectivity index (χ1n) is 10.7. The van der Waals surface area contributed by atoms with Gasteiger partial charge in [-0.1, -0.05) is 36.4 Å². The maximum atomic E-state index is 11.0. The van der Waals surface area contributed by atoms with E-state index in [-0.39, 0.29) is 6.17 Å². The number of carbonyl (C=O) groups excluding carboxylic acids is 1. The molecule has 1 aliphatic heterocycles. The van der Waals surface area contributed by atoms with Crippen molar-refractivity contribution >= 4 is 18.2 Å². The van der Waals surface area contributed by atoms with Gasteiger partial charge in [-0.3, -0.25) is 10.1 Å². The van der Waals surface area contributed by atoms with Crippen molar-refractivity contribution in [3.63, 3.8) is 0 Å². The number of pyridine rings is 1. The number of anilines is 1. The molecule has 0 radical (unpaired) electrons. The van der Waals surface area contributed by atoms with Gasteiger partial charge in [-0.2, -0.15) is 0 Å². The maximum absolute atomic E-state index is 11.0. The SMILES string of the molecule is COCCOc1ccc(C)c(-c2ccnc(N3N=C(NC=O)NC3Cc3ccccc3)c2)c1. The molecule has 4 rings (SSSR count). The zero-order valence-electron chi connectivity index (χ0n) is 18.7. The van der Waals surface area contributed by atoms with E-state index in [2.05, 4.69) is 39.8 Å². The molecule has 2 aromatic carbocycles. The first-order valence-corrected chi connectivity index (χ1v) is 10.7. The summed E-state index contributed by atoms with van der Waals surface area (Å²) in [7, 11) is 1.65. The number of methoxy groups -OCH3 is 1. The number of hydrogen-bond donors (Lipinski definition) is 2. The van der Waals surface area contributed by atoms with Crippen molar-refractivity contribution in [3.05, 3.63) is 78.0 Å². The Hall–Kier alpha value is -3.91. The number of guanidine groups is 1. The first-order chi connectivity index (χ1) is 16.2. The van der Waals surface area contributed by atoms with E-state index >= 15 is 0 Å². The number of nitrogens with zero attached hydrogens (tertiary/aromatic N) is 3. The van der Waals surface area contributed by atoms with Gasteiger partial charge in [0.1, 0.15) is 18.5 Å². The topological polar surface area (TPSA) is 88.1 Å². The average Bonchev–Trinajstić information content (AvgIpc) is 3.23. The Balaban J connectivity index is 1.62. The monoisotopic (exact) mass is 445 g/mol. The third-order valence-electron chi connectivity index (χ3n) is 5.33. The molecule has 170 valence electrons. The van der Waals surface area contributed by atoms with Crippen molar-refractivity contribution < 1.29 is 14.3 Å². The molecular formula is C25H27N5O3. The van der Waals surface area contributed by atoms with Crippen LogP contribution in [0.1, 0.15) is 11.1 Å². The molecule has 1 amide bonds. The number of amides is 1. The van der Waals surface area contributed by atoms with Gasteiger partial charge in [0.15, 0.2) is 5.82 Å². The Morgan fingerprint density at radius 1 is 1.12 bits per heavy atom. The van der Waals surface area contributed by atoms with E-state index in [9.17, 15) is 4.79 Å². The number of benzene rings is 2. The van der Waals surface area contributed by atoms with E-state index in [0.29, 0.717) is 37.8 Å². The minimum Gasteiger partial charge on any atom is -0.491 e. The lowest BCUT2D eigenvalue weighted by Gasteiger charge is -2.23. The Kier molecular flexibility index (Phi) is 7.16. The molecule has 0 aliphatic carbocycles. The van der Waals surface area contributed by atoms with Gasteiger partial charge in [-0.05, 0) is 53.4 Å². The molecule has 1 aromatic heterocycles. The molecule has 2 heterocycles. The van der Waals surface area contributed by atoms with Gasteiger partial charge in [-0.15, -0.1) is 5.10 Å². The van der Waals surface area contributed by atoms with Crippen LogP contribution < -0.4 is 20.4 Å². The van der Waals surface area contributed by atoms with E-state index in [0.717, 1.165) is 28.0 Å². The standard InChI is InChI=1S/C25H27N5O3/c1-18-8-9-21(33-13-12-32-2)16-22(18)20-10-11-26-23(15-20)30-24(28-25(29-30)27-17-31)14-19-6-4-3-5-7-19/h3-11,15-17,24H,12-14H2,1-2H3,(H2,27,28,29,31). The van der Waals surface area contributed by atoms with E-state index in [1.807, 2.05) is 48.5 Å². The second-order valence-corrected chi connectivity index (χ2v) is 7.63. The number of aromatic nitrogens is 1. The van der Waals surface area contributed by atoms with Crippen LogP contribution in [0.15, 0.2) is 72.0 Å². The molecule has 8 heteroatoms. The van der Waals surface area contributed by atoms with Gasteiger partial charge < -0.3 is 14.8 Å². The number of nitrogens with one attached hydrogen (secondary N) is 2. The Morgan fingerprint density at radius 3 is 2.76 bits per heavy atom. The number of rotatable bonds is 9. The summed E-state index contributed by atoms with van der Waals surface area (Å²) < 4.78 is 10.9. The molecule has 0 saturated carbocycles. The Morgan fingerprint density at radius 2 is 1.97 bits per heavy atom. The molecular weight excluding hydrogens is 418 g/mol. The zero-order valence-corrected chi connectivity index (χ0v) is 18.7. The first kappa shape index (κ1) is 22.3. The summed E-state index contributed by atoms with van der Waals surface area (Å²) in [5.41, 5.74) is 4.32. The average molecular weight is 446 g/mol. The summed E-state index contributed by atoms with van der Waals surface area (Å²) in [6.07, 6.45) is 2.87. The highest BCUT2D eigenvalue weighted by Gasteiger charge is 2.28. The number of carbonyl (C=O) groups is 1. The lowest BCUT2D eigenvalue weighted by atomic mass is 10.0. The molecule has 3 aromatic rings. The van der Waals surface area contributed by atoms with Crippen molar-refractivity contribution in [3.8, 4) is 16.9 Å². The van der Waals surface area contributed by atoms with Crippen molar-refractivity contribution in [2.24, 2.45) is 5.10 Å². The van der Waals surface area contributed by atoms with Crippen molar-refractivity contribution in [2.45, 2.75) is 19.5 Å². The number of aryl methyl sites for hydroxylation is 1. The van der Waals surface area contributed by atoms with Crippen molar-refractivity contribution in [1.29, 1.82) is 0 Å². The molecule has 33 heavy (non-hydrogen) atoms. The second kappa shape index (κ2) is 10.6. The van der Waals surface area contributed by atoms with E-state index < -0.39 is 0 Å². The van der Waals surface area contributed by atoms with Crippen LogP contribution in [0.4, 0.5) is 5.82 Å². The molecule has 1 unspecified atom stereocenters. The lowest BCUT2D eigenvalue weighted by Crippen LogP contribution is -2.43. The normalized spacial score (nSPS) is 15.0. The molecule has 0 saturated heterocycles. The van der Waals surface area contributed by atoms with E-state index in [4.69, 9.17) is 9.47 Å². The predicted octanol–water partition coefficient (Wildman–Crippen LogP) is 3.08.